The lowest BCUT2D eigenvalue weighted by Crippen LogP contribution is -2.35. The third kappa shape index (κ3) is 2.35. The Morgan fingerprint density at radius 3 is 2.88 bits per heavy atom. The van der Waals surface area contributed by atoms with Crippen molar-refractivity contribution < 1.29 is 17.9 Å². The first-order chi connectivity index (χ1) is 11.5. The highest BCUT2D eigenvalue weighted by Crippen LogP contribution is 2.46. The van der Waals surface area contributed by atoms with Gasteiger partial charge in [-0.2, -0.15) is 9.78 Å². The van der Waals surface area contributed by atoms with E-state index in [-0.39, 0.29) is 23.3 Å². The van der Waals surface area contributed by atoms with E-state index in [1.165, 1.54) is 6.20 Å². The number of fused-ring (bicyclic) bond motifs is 3. The molecular formula is C16H13BF3N3O. The molecule has 2 aromatic rings. The highest BCUT2D eigenvalue weighted by molar-refractivity contribution is 6.68. The SMILES string of the molecule is N#CB1CCCC2Oc3cc(-c4cnn(C(F)(F)F)c4)ccc3C12. The van der Waals surface area contributed by atoms with E-state index in [4.69, 9.17) is 4.74 Å². The quantitative estimate of drug-likeness (QED) is 0.748. The summed E-state index contributed by atoms with van der Waals surface area (Å²) in [5.41, 5.74) is 1.99. The molecule has 1 saturated heterocycles. The summed E-state index contributed by atoms with van der Waals surface area (Å²) in [6, 6.07) is 5.39. The second kappa shape index (κ2) is 5.30. The largest absolute Gasteiger partial charge is 0.504 e. The zero-order valence-electron chi connectivity index (χ0n) is 12.6. The van der Waals surface area contributed by atoms with Crippen LogP contribution in [-0.2, 0) is 6.30 Å². The Balaban J connectivity index is 1.68. The van der Waals surface area contributed by atoms with Gasteiger partial charge in [-0.3, -0.25) is 0 Å². The molecule has 0 N–H and O–H groups in total. The molecule has 1 fully saturated rings. The maximum absolute atomic E-state index is 12.7. The molecule has 4 rings (SSSR count). The minimum absolute atomic E-state index is 0.00783. The van der Waals surface area contributed by atoms with E-state index in [1.54, 1.807) is 12.1 Å². The Labute approximate surface area is 136 Å². The predicted molar refractivity (Wildman–Crippen MR) is 81.5 cm³/mol. The van der Waals surface area contributed by atoms with Crippen molar-refractivity contribution in [3.8, 4) is 22.8 Å². The zero-order valence-corrected chi connectivity index (χ0v) is 12.6. The van der Waals surface area contributed by atoms with Gasteiger partial charge in [-0.25, -0.2) is 5.26 Å². The van der Waals surface area contributed by atoms with E-state index in [0.717, 1.165) is 30.9 Å². The molecule has 3 heterocycles. The molecule has 4 nitrogen and oxygen atoms in total. The van der Waals surface area contributed by atoms with Crippen LogP contribution >= 0.6 is 0 Å². The number of halogens is 3. The highest BCUT2D eigenvalue weighted by Gasteiger charge is 2.44. The van der Waals surface area contributed by atoms with Crippen molar-refractivity contribution in [2.45, 2.75) is 37.4 Å². The minimum Gasteiger partial charge on any atom is -0.490 e. The first-order valence-corrected chi connectivity index (χ1v) is 7.80. The Bertz CT molecular complexity index is 827. The fourth-order valence-corrected chi connectivity index (χ4v) is 3.72. The summed E-state index contributed by atoms with van der Waals surface area (Å²) in [6.45, 7) is -0.0659. The summed E-state index contributed by atoms with van der Waals surface area (Å²) in [4.78, 5) is 0. The van der Waals surface area contributed by atoms with Crippen molar-refractivity contribution in [3.05, 3.63) is 36.2 Å². The average Bonchev–Trinajstić information content (AvgIpc) is 3.18. The number of nitrogens with zero attached hydrogens (tertiary/aromatic N) is 3. The van der Waals surface area contributed by atoms with E-state index >= 15 is 0 Å². The third-order valence-corrected chi connectivity index (χ3v) is 4.83. The van der Waals surface area contributed by atoms with Gasteiger partial charge >= 0.3 is 6.30 Å². The molecule has 2 aliphatic rings. The van der Waals surface area contributed by atoms with Crippen LogP contribution in [0.2, 0.25) is 6.32 Å². The first-order valence-electron chi connectivity index (χ1n) is 7.80. The molecule has 2 atom stereocenters. The van der Waals surface area contributed by atoms with Crippen LogP contribution in [0, 0.1) is 11.2 Å². The highest BCUT2D eigenvalue weighted by atomic mass is 19.4. The van der Waals surface area contributed by atoms with E-state index in [9.17, 15) is 18.4 Å². The molecule has 1 aromatic heterocycles. The van der Waals surface area contributed by atoms with Crippen LogP contribution in [0.5, 0.6) is 5.75 Å². The van der Waals surface area contributed by atoms with Gasteiger partial charge in [0.25, 0.3) is 6.71 Å². The predicted octanol–water partition coefficient (Wildman–Crippen LogP) is 3.76. The van der Waals surface area contributed by atoms with Crippen LogP contribution in [-0.4, -0.2) is 22.6 Å². The van der Waals surface area contributed by atoms with Crippen molar-refractivity contribution in [3.63, 3.8) is 0 Å². The summed E-state index contributed by atoms with van der Waals surface area (Å²) < 4.78 is 44.0. The van der Waals surface area contributed by atoms with E-state index in [2.05, 4.69) is 11.1 Å². The van der Waals surface area contributed by atoms with Gasteiger partial charge in [-0.15, -0.1) is 13.2 Å². The topological polar surface area (TPSA) is 50.8 Å². The summed E-state index contributed by atoms with van der Waals surface area (Å²) in [5.74, 6) is 3.10. The van der Waals surface area contributed by atoms with E-state index in [1.807, 2.05) is 6.07 Å². The lowest BCUT2D eigenvalue weighted by molar-refractivity contribution is -0.212. The molecule has 0 amide bonds. The molecular weight excluding hydrogens is 318 g/mol. The van der Waals surface area contributed by atoms with Crippen LogP contribution < -0.4 is 4.74 Å². The molecule has 0 aliphatic carbocycles. The Morgan fingerprint density at radius 1 is 1.33 bits per heavy atom. The fourth-order valence-electron chi connectivity index (χ4n) is 3.72. The molecule has 24 heavy (non-hydrogen) atoms. The molecule has 0 radical (unpaired) electrons. The summed E-state index contributed by atoms with van der Waals surface area (Å²) in [6.07, 6.45) is 0.335. The maximum Gasteiger partial charge on any atom is 0.504 e. The van der Waals surface area contributed by atoms with Crippen LogP contribution in [0.3, 0.4) is 0 Å². The van der Waals surface area contributed by atoms with Gasteiger partial charge < -0.3 is 4.74 Å². The van der Waals surface area contributed by atoms with E-state index < -0.39 is 6.30 Å². The van der Waals surface area contributed by atoms with Crippen LogP contribution in [0.25, 0.3) is 11.1 Å². The summed E-state index contributed by atoms with van der Waals surface area (Å²) >= 11 is 0. The van der Waals surface area contributed by atoms with Gasteiger partial charge in [-0.1, -0.05) is 24.9 Å². The number of ether oxygens (including phenoxy) is 1. The monoisotopic (exact) mass is 331 g/mol. The molecule has 2 aliphatic heterocycles. The van der Waals surface area contributed by atoms with Gasteiger partial charge in [0.1, 0.15) is 11.9 Å². The first kappa shape index (κ1) is 15.1. The second-order valence-corrected chi connectivity index (χ2v) is 6.24. The number of aromatic nitrogens is 2. The van der Waals surface area contributed by atoms with Crippen LogP contribution in [0.15, 0.2) is 30.6 Å². The van der Waals surface area contributed by atoms with Gasteiger partial charge in [0, 0.05) is 23.5 Å². The van der Waals surface area contributed by atoms with Crippen molar-refractivity contribution in [1.29, 1.82) is 5.26 Å². The smallest absolute Gasteiger partial charge is 0.490 e. The number of hydrogen-bond acceptors (Lipinski definition) is 3. The summed E-state index contributed by atoms with van der Waals surface area (Å²) in [5, 5.41) is 12.7. The Morgan fingerprint density at radius 2 is 2.17 bits per heavy atom. The van der Waals surface area contributed by atoms with Crippen molar-refractivity contribution in [2.24, 2.45) is 0 Å². The molecule has 0 bridgehead atoms. The van der Waals surface area contributed by atoms with Gasteiger partial charge in [0.2, 0.25) is 0 Å². The average molecular weight is 331 g/mol. The Hall–Kier alpha value is -2.43. The molecule has 2 unspecified atom stereocenters. The molecule has 1 aromatic carbocycles. The zero-order chi connectivity index (χ0) is 16.9. The maximum atomic E-state index is 12.7. The molecule has 0 spiro atoms. The normalized spacial score (nSPS) is 22.5. The number of hydrogen-bond donors (Lipinski definition) is 0. The van der Waals surface area contributed by atoms with Gasteiger partial charge in [0.15, 0.2) is 0 Å². The third-order valence-electron chi connectivity index (χ3n) is 4.83. The van der Waals surface area contributed by atoms with Crippen LogP contribution in [0.4, 0.5) is 13.2 Å². The minimum atomic E-state index is -4.53. The van der Waals surface area contributed by atoms with E-state index in [0.29, 0.717) is 16.9 Å². The van der Waals surface area contributed by atoms with Crippen LogP contribution in [0.1, 0.15) is 24.2 Å². The standard InChI is InChI=1S/C16H13BF3N3O/c18-16(19,20)23-8-11(7-22-23)10-3-4-12-14(6-10)24-13-2-1-5-17(9-21)15(12)13/h3-4,6-8,13,15H,1-2,5H2. The number of nitriles is 1. The van der Waals surface area contributed by atoms with Gasteiger partial charge in [0.05, 0.1) is 6.20 Å². The van der Waals surface area contributed by atoms with Crippen molar-refractivity contribution >= 4 is 6.71 Å². The summed E-state index contributed by atoms with van der Waals surface area (Å²) in [7, 11) is 0. The lowest BCUT2D eigenvalue weighted by atomic mass is 9.35. The Kier molecular flexibility index (Phi) is 3.34. The number of alkyl halides is 3. The fraction of sp³-hybridized carbons (Fsp3) is 0.375. The number of rotatable bonds is 1. The molecule has 0 saturated carbocycles. The number of benzene rings is 1. The van der Waals surface area contributed by atoms with Crippen molar-refractivity contribution in [1.82, 2.24) is 9.78 Å². The molecule has 122 valence electrons. The lowest BCUT2D eigenvalue weighted by Gasteiger charge is -2.26. The van der Waals surface area contributed by atoms with Gasteiger partial charge in [-0.05, 0) is 23.6 Å². The van der Waals surface area contributed by atoms with Crippen molar-refractivity contribution in [2.75, 3.05) is 0 Å². The molecule has 8 heteroatoms. The second-order valence-electron chi connectivity index (χ2n) is 6.24.